The van der Waals surface area contributed by atoms with Gasteiger partial charge in [0, 0.05) is 5.41 Å². The SMILES string of the molecule is C=CC1(C=C)CCC2CCC=C21. The molecule has 1 unspecified atom stereocenters. The minimum absolute atomic E-state index is 0.168. The molecule has 0 bridgehead atoms. The third-order valence-electron chi connectivity index (χ3n) is 3.49. The molecule has 1 atom stereocenters. The highest BCUT2D eigenvalue weighted by Gasteiger charge is 2.40. The molecule has 1 saturated carbocycles. The van der Waals surface area contributed by atoms with E-state index in [1.54, 1.807) is 5.57 Å². The first-order chi connectivity index (χ1) is 5.82. The van der Waals surface area contributed by atoms with E-state index in [2.05, 4.69) is 31.4 Å². The molecule has 0 heterocycles. The first-order valence-electron chi connectivity index (χ1n) is 4.80. The van der Waals surface area contributed by atoms with Gasteiger partial charge in [-0.3, -0.25) is 0 Å². The highest BCUT2D eigenvalue weighted by Crippen LogP contribution is 2.52. The molecule has 2 aliphatic rings. The molecule has 2 rings (SSSR count). The summed E-state index contributed by atoms with van der Waals surface area (Å²) in [5.41, 5.74) is 1.77. The zero-order valence-corrected chi connectivity index (χ0v) is 7.55. The molecule has 0 radical (unpaired) electrons. The molecular formula is C12H16. The maximum atomic E-state index is 3.93. The molecule has 0 heteroatoms. The highest BCUT2D eigenvalue weighted by atomic mass is 14.4. The molecule has 0 saturated heterocycles. The quantitative estimate of drug-likeness (QED) is 0.542. The van der Waals surface area contributed by atoms with Crippen LogP contribution in [0.15, 0.2) is 37.0 Å². The van der Waals surface area contributed by atoms with E-state index in [0.717, 1.165) is 5.92 Å². The molecule has 0 N–H and O–H groups in total. The number of allylic oxidation sites excluding steroid dienone is 4. The largest absolute Gasteiger partial charge is 0.102 e. The van der Waals surface area contributed by atoms with Crippen LogP contribution in [0.3, 0.4) is 0 Å². The van der Waals surface area contributed by atoms with E-state index in [1.807, 2.05) is 0 Å². The van der Waals surface area contributed by atoms with E-state index >= 15 is 0 Å². The fraction of sp³-hybridized carbons (Fsp3) is 0.500. The van der Waals surface area contributed by atoms with Gasteiger partial charge in [0.25, 0.3) is 0 Å². The molecule has 0 nitrogen and oxygen atoms in total. The molecule has 0 amide bonds. The van der Waals surface area contributed by atoms with Crippen molar-refractivity contribution in [3.8, 4) is 0 Å². The summed E-state index contributed by atoms with van der Waals surface area (Å²) in [7, 11) is 0. The Morgan fingerprint density at radius 2 is 2.08 bits per heavy atom. The summed E-state index contributed by atoms with van der Waals surface area (Å²) in [5, 5.41) is 0. The monoisotopic (exact) mass is 160 g/mol. The van der Waals surface area contributed by atoms with Gasteiger partial charge in [-0.15, -0.1) is 13.2 Å². The van der Waals surface area contributed by atoms with Gasteiger partial charge in [0.05, 0.1) is 0 Å². The van der Waals surface area contributed by atoms with Gasteiger partial charge in [0.1, 0.15) is 0 Å². The Kier molecular flexibility index (Phi) is 1.71. The molecule has 64 valence electrons. The van der Waals surface area contributed by atoms with Crippen molar-refractivity contribution in [2.45, 2.75) is 25.7 Å². The zero-order valence-electron chi connectivity index (χ0n) is 7.55. The van der Waals surface area contributed by atoms with Gasteiger partial charge in [-0.1, -0.05) is 23.8 Å². The zero-order chi connectivity index (χ0) is 8.60. The van der Waals surface area contributed by atoms with Gasteiger partial charge in [-0.2, -0.15) is 0 Å². The second kappa shape index (κ2) is 2.62. The Balaban J connectivity index is 2.38. The second-order valence-electron chi connectivity index (χ2n) is 3.92. The molecule has 0 aromatic carbocycles. The summed E-state index contributed by atoms with van der Waals surface area (Å²) in [6.45, 7) is 7.87. The molecular weight excluding hydrogens is 144 g/mol. The van der Waals surface area contributed by atoms with Crippen LogP contribution in [-0.2, 0) is 0 Å². The van der Waals surface area contributed by atoms with E-state index in [9.17, 15) is 0 Å². The second-order valence-corrected chi connectivity index (χ2v) is 3.92. The molecule has 0 spiro atoms. The van der Waals surface area contributed by atoms with Gasteiger partial charge in [0.15, 0.2) is 0 Å². The van der Waals surface area contributed by atoms with Crippen LogP contribution in [0.25, 0.3) is 0 Å². The topological polar surface area (TPSA) is 0 Å². The minimum Gasteiger partial charge on any atom is -0.102 e. The Bertz CT molecular complexity index is 237. The van der Waals surface area contributed by atoms with Crippen LogP contribution in [0, 0.1) is 11.3 Å². The Labute approximate surface area is 74.7 Å². The van der Waals surface area contributed by atoms with Crippen molar-refractivity contribution in [3.05, 3.63) is 37.0 Å². The first kappa shape index (κ1) is 7.85. The van der Waals surface area contributed by atoms with Crippen molar-refractivity contribution < 1.29 is 0 Å². The summed E-state index contributed by atoms with van der Waals surface area (Å²) in [6, 6.07) is 0. The summed E-state index contributed by atoms with van der Waals surface area (Å²) >= 11 is 0. The molecule has 0 aromatic rings. The standard InChI is InChI=1S/C12H16/c1-3-12(4-2)9-8-10-6-5-7-11(10)12/h3-4,7,10H,1-2,5-6,8-9H2. The van der Waals surface area contributed by atoms with Crippen LogP contribution in [0.2, 0.25) is 0 Å². The van der Waals surface area contributed by atoms with Gasteiger partial charge >= 0.3 is 0 Å². The van der Waals surface area contributed by atoms with Gasteiger partial charge in [-0.25, -0.2) is 0 Å². The summed E-state index contributed by atoms with van der Waals surface area (Å²) in [5.74, 6) is 0.848. The van der Waals surface area contributed by atoms with E-state index in [4.69, 9.17) is 0 Å². The van der Waals surface area contributed by atoms with Gasteiger partial charge < -0.3 is 0 Å². The maximum absolute atomic E-state index is 3.93. The van der Waals surface area contributed by atoms with Crippen LogP contribution in [0.4, 0.5) is 0 Å². The molecule has 0 aromatic heterocycles. The predicted octanol–water partition coefficient (Wildman–Crippen LogP) is 3.48. The number of hydrogen-bond donors (Lipinski definition) is 0. The third kappa shape index (κ3) is 0.841. The highest BCUT2D eigenvalue weighted by molar-refractivity contribution is 5.35. The third-order valence-corrected chi connectivity index (χ3v) is 3.49. The van der Waals surface area contributed by atoms with E-state index in [1.165, 1.54) is 25.7 Å². The Morgan fingerprint density at radius 1 is 1.33 bits per heavy atom. The van der Waals surface area contributed by atoms with Crippen molar-refractivity contribution in [1.82, 2.24) is 0 Å². The summed E-state index contributed by atoms with van der Waals surface area (Å²) in [6.07, 6.45) is 11.8. The maximum Gasteiger partial charge on any atom is 0.0269 e. The van der Waals surface area contributed by atoms with E-state index in [0.29, 0.717) is 0 Å². The predicted molar refractivity (Wildman–Crippen MR) is 52.9 cm³/mol. The molecule has 2 aliphatic carbocycles. The van der Waals surface area contributed by atoms with Gasteiger partial charge in [-0.05, 0) is 31.6 Å². The van der Waals surface area contributed by atoms with Gasteiger partial charge in [0.2, 0.25) is 0 Å². The molecule has 1 fully saturated rings. The Morgan fingerprint density at radius 3 is 2.75 bits per heavy atom. The average molecular weight is 160 g/mol. The lowest BCUT2D eigenvalue weighted by Crippen LogP contribution is -2.11. The van der Waals surface area contributed by atoms with Crippen LogP contribution in [0.5, 0.6) is 0 Å². The fourth-order valence-corrected chi connectivity index (χ4v) is 2.71. The lowest BCUT2D eigenvalue weighted by atomic mass is 9.82. The van der Waals surface area contributed by atoms with Crippen LogP contribution in [-0.4, -0.2) is 0 Å². The summed E-state index contributed by atoms with van der Waals surface area (Å²) in [4.78, 5) is 0. The van der Waals surface area contributed by atoms with E-state index < -0.39 is 0 Å². The van der Waals surface area contributed by atoms with E-state index in [-0.39, 0.29) is 5.41 Å². The van der Waals surface area contributed by atoms with Crippen LogP contribution >= 0.6 is 0 Å². The van der Waals surface area contributed by atoms with Crippen molar-refractivity contribution in [2.75, 3.05) is 0 Å². The fourth-order valence-electron chi connectivity index (χ4n) is 2.71. The lowest BCUT2D eigenvalue weighted by molar-refractivity contribution is 0.587. The minimum atomic E-state index is 0.168. The van der Waals surface area contributed by atoms with Crippen molar-refractivity contribution in [1.29, 1.82) is 0 Å². The van der Waals surface area contributed by atoms with Crippen LogP contribution in [0.1, 0.15) is 25.7 Å². The molecule has 0 aliphatic heterocycles. The first-order valence-corrected chi connectivity index (χ1v) is 4.80. The lowest BCUT2D eigenvalue weighted by Gasteiger charge is -2.22. The van der Waals surface area contributed by atoms with Crippen molar-refractivity contribution in [2.24, 2.45) is 11.3 Å². The van der Waals surface area contributed by atoms with Crippen molar-refractivity contribution in [3.63, 3.8) is 0 Å². The Hall–Kier alpha value is -0.780. The molecule has 12 heavy (non-hydrogen) atoms. The smallest absolute Gasteiger partial charge is 0.0269 e. The van der Waals surface area contributed by atoms with Crippen molar-refractivity contribution >= 4 is 0 Å². The normalized spacial score (nSPS) is 31.0. The summed E-state index contributed by atoms with van der Waals surface area (Å²) < 4.78 is 0. The average Bonchev–Trinajstić information content (AvgIpc) is 2.64. The van der Waals surface area contributed by atoms with Crippen LogP contribution < -0.4 is 0 Å². The number of rotatable bonds is 2. The number of fused-ring (bicyclic) bond motifs is 1. The number of hydrogen-bond acceptors (Lipinski definition) is 0.